The molecule has 0 aromatic heterocycles. The number of phosphoric acid groups is 1. The number of carbonyl (C=O) groups excluding carboxylic acids is 2. The van der Waals surface area contributed by atoms with Gasteiger partial charge in [0.05, 0.1) is 13.2 Å². The van der Waals surface area contributed by atoms with Crippen LogP contribution in [0.3, 0.4) is 0 Å². The molecule has 10 heteroatoms. The second kappa shape index (κ2) is 34.4. The number of hydrogen-bond acceptors (Lipinski definition) is 8. The quantitative estimate of drug-likeness (QED) is 0.0289. The maximum atomic E-state index is 12.5. The molecule has 0 aromatic carbocycles. The summed E-state index contributed by atoms with van der Waals surface area (Å²) in [6.07, 6.45) is 33.5. The highest BCUT2D eigenvalue weighted by molar-refractivity contribution is 7.47. The number of ether oxygens (including phenoxy) is 2. The Morgan fingerprint density at radius 2 is 1.06 bits per heavy atom. The van der Waals surface area contributed by atoms with Crippen LogP contribution in [0.25, 0.3) is 0 Å². The van der Waals surface area contributed by atoms with E-state index in [1.807, 2.05) is 0 Å². The van der Waals surface area contributed by atoms with Crippen LogP contribution in [0.15, 0.2) is 24.3 Å². The highest BCUT2D eigenvalue weighted by Crippen LogP contribution is 2.43. The first kappa shape index (κ1) is 45.5. The molecule has 0 spiro atoms. The fraction of sp³-hybridized carbons (Fsp3) is 0.838. The first-order valence-corrected chi connectivity index (χ1v) is 20.3. The molecular weight excluding hydrogens is 617 g/mol. The van der Waals surface area contributed by atoms with Gasteiger partial charge in [-0.3, -0.25) is 18.6 Å². The highest BCUT2D eigenvalue weighted by Gasteiger charge is 2.25. The number of hydrogen-bond donors (Lipinski definition) is 2. The Hall–Kier alpha value is -1.51. The number of nitrogens with two attached hydrogens (primary N) is 1. The Morgan fingerprint density at radius 3 is 1.57 bits per heavy atom. The summed E-state index contributed by atoms with van der Waals surface area (Å²) in [4.78, 5) is 34.6. The predicted octanol–water partition coefficient (Wildman–Crippen LogP) is 10.0. The summed E-state index contributed by atoms with van der Waals surface area (Å²) in [6.45, 7) is 3.65. The minimum absolute atomic E-state index is 0.0516. The minimum Gasteiger partial charge on any atom is -0.462 e. The SMILES string of the molecule is CCCCC=CCCCCCCCC(=O)OCC(COP(=O)(O)OCCN)OC(=O)CCCCCCCC=CCCCCCCCC. The molecule has 9 nitrogen and oxygen atoms in total. The largest absolute Gasteiger partial charge is 0.472 e. The fourth-order valence-corrected chi connectivity index (χ4v) is 5.73. The normalized spacial score (nSPS) is 13.7. The van der Waals surface area contributed by atoms with Crippen molar-refractivity contribution >= 4 is 19.8 Å². The predicted molar refractivity (Wildman–Crippen MR) is 192 cm³/mol. The van der Waals surface area contributed by atoms with Crippen LogP contribution < -0.4 is 5.73 Å². The lowest BCUT2D eigenvalue weighted by atomic mass is 10.1. The summed E-state index contributed by atoms with van der Waals surface area (Å²) in [6, 6.07) is 0. The van der Waals surface area contributed by atoms with E-state index in [1.165, 1.54) is 57.8 Å². The van der Waals surface area contributed by atoms with Crippen LogP contribution in [0.2, 0.25) is 0 Å². The van der Waals surface area contributed by atoms with Crippen molar-refractivity contribution in [3.8, 4) is 0 Å². The van der Waals surface area contributed by atoms with E-state index in [-0.39, 0.29) is 32.6 Å². The van der Waals surface area contributed by atoms with Crippen molar-refractivity contribution in [2.75, 3.05) is 26.4 Å². The van der Waals surface area contributed by atoms with E-state index in [0.29, 0.717) is 6.42 Å². The Morgan fingerprint density at radius 1 is 0.617 bits per heavy atom. The summed E-state index contributed by atoms with van der Waals surface area (Å²) in [5.41, 5.74) is 5.32. The lowest BCUT2D eigenvalue weighted by Gasteiger charge is -2.19. The van der Waals surface area contributed by atoms with Gasteiger partial charge in [-0.05, 0) is 57.8 Å². The van der Waals surface area contributed by atoms with Crippen molar-refractivity contribution in [2.24, 2.45) is 5.73 Å². The van der Waals surface area contributed by atoms with Gasteiger partial charge in [-0.25, -0.2) is 4.57 Å². The molecule has 2 unspecified atom stereocenters. The molecule has 0 aromatic rings. The number of esters is 2. The van der Waals surface area contributed by atoms with Crippen LogP contribution in [0.4, 0.5) is 0 Å². The minimum atomic E-state index is -4.37. The van der Waals surface area contributed by atoms with Gasteiger partial charge in [0, 0.05) is 19.4 Å². The zero-order chi connectivity index (χ0) is 34.7. The second-order valence-corrected chi connectivity index (χ2v) is 13.9. The van der Waals surface area contributed by atoms with Gasteiger partial charge in [0.25, 0.3) is 0 Å². The van der Waals surface area contributed by atoms with E-state index in [1.54, 1.807) is 0 Å². The van der Waals surface area contributed by atoms with Crippen molar-refractivity contribution in [1.29, 1.82) is 0 Å². The van der Waals surface area contributed by atoms with Crippen LogP contribution >= 0.6 is 7.82 Å². The standard InChI is InChI=1S/C37H70NO8P/c1-3-5-7-9-11-13-15-16-17-18-20-22-24-26-28-30-37(40)46-35(34-45-47(41,42)44-32-31-38)33-43-36(39)29-27-25-23-21-19-14-12-10-8-6-4-2/h10,12,16-17,35H,3-9,11,13-15,18-34,38H2,1-2H3,(H,41,42). The molecule has 0 saturated carbocycles. The van der Waals surface area contributed by atoms with Gasteiger partial charge in [0.15, 0.2) is 6.10 Å². The monoisotopic (exact) mass is 687 g/mol. The van der Waals surface area contributed by atoms with Gasteiger partial charge in [-0.2, -0.15) is 0 Å². The second-order valence-electron chi connectivity index (χ2n) is 12.4. The van der Waals surface area contributed by atoms with E-state index < -0.39 is 32.5 Å². The topological polar surface area (TPSA) is 134 Å². The first-order valence-electron chi connectivity index (χ1n) is 18.8. The molecular formula is C37H70NO8P. The number of carbonyl (C=O) groups is 2. The van der Waals surface area contributed by atoms with Gasteiger partial charge in [0.1, 0.15) is 6.61 Å². The molecule has 0 saturated heterocycles. The Kier molecular flexibility index (Phi) is 33.3. The van der Waals surface area contributed by atoms with Crippen LogP contribution in [-0.4, -0.2) is 49.3 Å². The molecule has 3 N–H and O–H groups in total. The van der Waals surface area contributed by atoms with Gasteiger partial charge in [-0.15, -0.1) is 0 Å². The maximum absolute atomic E-state index is 12.5. The Bertz CT molecular complexity index is 835. The van der Waals surface area contributed by atoms with Crippen molar-refractivity contribution in [3.63, 3.8) is 0 Å². The van der Waals surface area contributed by atoms with Crippen molar-refractivity contribution < 1.29 is 37.6 Å². The van der Waals surface area contributed by atoms with E-state index in [0.717, 1.165) is 77.0 Å². The maximum Gasteiger partial charge on any atom is 0.472 e. The average Bonchev–Trinajstić information content (AvgIpc) is 3.05. The van der Waals surface area contributed by atoms with Crippen LogP contribution in [-0.2, 0) is 32.7 Å². The van der Waals surface area contributed by atoms with Crippen LogP contribution in [0, 0.1) is 0 Å². The first-order chi connectivity index (χ1) is 22.8. The van der Waals surface area contributed by atoms with Gasteiger partial charge in [0.2, 0.25) is 0 Å². The van der Waals surface area contributed by atoms with Gasteiger partial charge >= 0.3 is 19.8 Å². The van der Waals surface area contributed by atoms with Crippen LogP contribution in [0.1, 0.15) is 168 Å². The van der Waals surface area contributed by atoms with Crippen molar-refractivity contribution in [1.82, 2.24) is 0 Å². The molecule has 0 heterocycles. The third kappa shape index (κ3) is 34.2. The molecule has 0 amide bonds. The number of unbranched alkanes of at least 4 members (excludes halogenated alkanes) is 18. The molecule has 0 aliphatic rings. The number of allylic oxidation sites excluding steroid dienone is 4. The van der Waals surface area contributed by atoms with E-state index in [4.69, 9.17) is 24.3 Å². The lowest BCUT2D eigenvalue weighted by Crippen LogP contribution is -2.29. The van der Waals surface area contributed by atoms with Gasteiger partial charge < -0.3 is 20.1 Å². The molecule has 0 rings (SSSR count). The third-order valence-corrected chi connectivity index (χ3v) is 8.79. The van der Waals surface area contributed by atoms with Gasteiger partial charge in [-0.1, -0.05) is 122 Å². The highest BCUT2D eigenvalue weighted by atomic mass is 31.2. The van der Waals surface area contributed by atoms with E-state index >= 15 is 0 Å². The lowest BCUT2D eigenvalue weighted by molar-refractivity contribution is -0.161. The summed E-state index contributed by atoms with van der Waals surface area (Å²) in [7, 11) is -4.37. The fourth-order valence-electron chi connectivity index (χ4n) is 4.96. The smallest absolute Gasteiger partial charge is 0.462 e. The Labute approximate surface area is 287 Å². The molecule has 0 radical (unpaired) electrons. The third-order valence-electron chi connectivity index (χ3n) is 7.81. The zero-order valence-corrected chi connectivity index (χ0v) is 30.9. The molecule has 0 fully saturated rings. The summed E-state index contributed by atoms with van der Waals surface area (Å²) >= 11 is 0. The summed E-state index contributed by atoms with van der Waals surface area (Å²) in [5, 5.41) is 0. The molecule has 2 atom stereocenters. The molecule has 0 aliphatic carbocycles. The van der Waals surface area contributed by atoms with Crippen molar-refractivity contribution in [3.05, 3.63) is 24.3 Å². The average molecular weight is 688 g/mol. The van der Waals surface area contributed by atoms with Crippen molar-refractivity contribution in [2.45, 2.75) is 174 Å². The zero-order valence-electron chi connectivity index (χ0n) is 30.0. The number of rotatable bonds is 35. The van der Waals surface area contributed by atoms with E-state index in [9.17, 15) is 19.0 Å². The molecule has 0 aliphatic heterocycles. The molecule has 0 bridgehead atoms. The van der Waals surface area contributed by atoms with E-state index in [2.05, 4.69) is 38.2 Å². The Balaban J connectivity index is 4.25. The summed E-state index contributed by atoms with van der Waals surface area (Å²) < 4.78 is 32.6. The number of phosphoric ester groups is 1. The van der Waals surface area contributed by atoms with Crippen LogP contribution in [0.5, 0.6) is 0 Å². The molecule has 47 heavy (non-hydrogen) atoms. The summed E-state index contributed by atoms with van der Waals surface area (Å²) in [5.74, 6) is -0.850. The molecule has 276 valence electrons.